The van der Waals surface area contributed by atoms with Crippen molar-refractivity contribution in [3.63, 3.8) is 0 Å². The topological polar surface area (TPSA) is 61.2 Å². The van der Waals surface area contributed by atoms with Crippen LogP contribution in [0.2, 0.25) is 0 Å². The zero-order chi connectivity index (χ0) is 22.3. The summed E-state index contributed by atoms with van der Waals surface area (Å²) in [7, 11) is 3.75. The fourth-order valence-electron chi connectivity index (χ4n) is 4.41. The maximum atomic E-state index is 14.0. The molecule has 3 heterocycles. The lowest BCUT2D eigenvalue weighted by Gasteiger charge is -2.36. The van der Waals surface area contributed by atoms with Crippen molar-refractivity contribution in [3.05, 3.63) is 48.0 Å². The molecule has 0 bridgehead atoms. The van der Waals surface area contributed by atoms with Crippen molar-refractivity contribution in [2.45, 2.75) is 12.5 Å². The molecule has 0 radical (unpaired) electrons. The number of morpholine rings is 1. The Hall–Kier alpha value is -2.65. The molecule has 2 aromatic rings. The minimum Gasteiger partial charge on any atom is -0.370 e. The Kier molecular flexibility index (Phi) is 7.59. The summed E-state index contributed by atoms with van der Waals surface area (Å²) < 4.78 is 21.8. The molecular formula is C23H34FN7O. The van der Waals surface area contributed by atoms with Crippen molar-refractivity contribution in [2.24, 2.45) is 12.0 Å². The van der Waals surface area contributed by atoms with Crippen LogP contribution in [-0.2, 0) is 11.8 Å². The highest BCUT2D eigenvalue weighted by Crippen LogP contribution is 2.22. The van der Waals surface area contributed by atoms with Crippen LogP contribution in [0.1, 0.15) is 18.1 Å². The number of halogens is 1. The molecule has 0 amide bonds. The van der Waals surface area contributed by atoms with E-state index in [2.05, 4.69) is 30.1 Å². The van der Waals surface area contributed by atoms with E-state index in [0.717, 1.165) is 70.3 Å². The first kappa shape index (κ1) is 22.5. The van der Waals surface area contributed by atoms with Crippen LogP contribution < -0.4 is 10.2 Å². The van der Waals surface area contributed by atoms with Crippen LogP contribution in [0, 0.1) is 5.82 Å². The Balaban J connectivity index is 1.18. The van der Waals surface area contributed by atoms with Gasteiger partial charge < -0.3 is 19.9 Å². The molecule has 1 aromatic carbocycles. The number of hydrogen-bond acceptors (Lipinski definition) is 5. The van der Waals surface area contributed by atoms with Crippen LogP contribution in [-0.4, -0.2) is 91.6 Å². The van der Waals surface area contributed by atoms with Crippen molar-refractivity contribution < 1.29 is 9.13 Å². The quantitative estimate of drug-likeness (QED) is 0.417. The molecule has 4 rings (SSSR count). The highest BCUT2D eigenvalue weighted by Gasteiger charge is 2.25. The second kappa shape index (κ2) is 10.8. The molecule has 1 N–H and O–H groups in total. The number of para-hydroxylation sites is 1. The van der Waals surface area contributed by atoms with Crippen LogP contribution in [0.15, 0.2) is 41.7 Å². The maximum Gasteiger partial charge on any atom is 0.193 e. The molecule has 2 aliphatic rings. The third-order valence-corrected chi connectivity index (χ3v) is 6.17. The fourth-order valence-corrected chi connectivity index (χ4v) is 4.41. The van der Waals surface area contributed by atoms with Crippen LogP contribution >= 0.6 is 0 Å². The molecule has 8 nitrogen and oxygen atoms in total. The number of hydrogen-bond donors (Lipinski definition) is 1. The molecule has 0 spiro atoms. The van der Waals surface area contributed by atoms with Gasteiger partial charge in [-0.1, -0.05) is 12.1 Å². The van der Waals surface area contributed by atoms with Gasteiger partial charge in [-0.15, -0.1) is 0 Å². The summed E-state index contributed by atoms with van der Waals surface area (Å²) >= 11 is 0. The zero-order valence-electron chi connectivity index (χ0n) is 19.1. The predicted octanol–water partition coefficient (Wildman–Crippen LogP) is 1.72. The molecule has 0 saturated carbocycles. The largest absolute Gasteiger partial charge is 0.370 e. The number of rotatable bonds is 6. The average molecular weight is 444 g/mol. The van der Waals surface area contributed by atoms with Crippen molar-refractivity contribution >= 4 is 11.6 Å². The average Bonchev–Trinajstić information content (AvgIpc) is 3.26. The third kappa shape index (κ3) is 5.58. The molecule has 9 heteroatoms. The first-order valence-electron chi connectivity index (χ1n) is 11.4. The molecule has 2 fully saturated rings. The number of aliphatic imine (C=N–C) groups is 1. The Bertz CT molecular complexity index is 894. The van der Waals surface area contributed by atoms with Crippen LogP contribution in [0.3, 0.4) is 0 Å². The molecule has 32 heavy (non-hydrogen) atoms. The van der Waals surface area contributed by atoms with E-state index in [1.165, 1.54) is 6.07 Å². The van der Waals surface area contributed by atoms with Crippen molar-refractivity contribution in [2.75, 3.05) is 70.9 Å². The second-order valence-corrected chi connectivity index (χ2v) is 8.36. The molecule has 2 saturated heterocycles. The summed E-state index contributed by atoms with van der Waals surface area (Å²) in [5.74, 6) is 0.789. The second-order valence-electron chi connectivity index (χ2n) is 8.36. The predicted molar refractivity (Wildman–Crippen MR) is 125 cm³/mol. The van der Waals surface area contributed by atoms with Gasteiger partial charge in [0.2, 0.25) is 0 Å². The fraction of sp³-hybridized carbons (Fsp3) is 0.565. The summed E-state index contributed by atoms with van der Waals surface area (Å²) in [6.07, 6.45) is 4.93. The summed E-state index contributed by atoms with van der Waals surface area (Å²) in [4.78, 5) is 11.3. The molecule has 1 aromatic heterocycles. The summed E-state index contributed by atoms with van der Waals surface area (Å²) in [5, 5.41) is 7.77. The number of aryl methyl sites for hydroxylation is 1. The highest BCUT2D eigenvalue weighted by molar-refractivity contribution is 5.80. The van der Waals surface area contributed by atoms with Crippen LogP contribution in [0.5, 0.6) is 0 Å². The number of ether oxygens (including phenoxy) is 1. The minimum atomic E-state index is -0.134. The Labute approximate surface area is 189 Å². The van der Waals surface area contributed by atoms with Crippen LogP contribution in [0.4, 0.5) is 10.1 Å². The summed E-state index contributed by atoms with van der Waals surface area (Å²) in [6.45, 7) is 7.80. The first-order valence-corrected chi connectivity index (χ1v) is 11.4. The van der Waals surface area contributed by atoms with E-state index >= 15 is 0 Å². The lowest BCUT2D eigenvalue weighted by Crippen LogP contribution is -2.49. The van der Waals surface area contributed by atoms with E-state index in [1.807, 2.05) is 38.6 Å². The normalized spacial score (nSPS) is 20.6. The zero-order valence-corrected chi connectivity index (χ0v) is 19.1. The maximum absolute atomic E-state index is 14.0. The standard InChI is InChI=1S/C23H34FN7O/c1-25-23(31-14-15-32-22(18-31)19-16-27-28(2)17-19)26-8-5-9-29-10-12-30(13-11-29)21-7-4-3-6-20(21)24/h3-4,6-7,16-17,22H,5,8-15,18H2,1-2H3,(H,25,26). The Morgan fingerprint density at radius 1 is 1.22 bits per heavy atom. The summed E-state index contributed by atoms with van der Waals surface area (Å²) in [5.41, 5.74) is 1.81. The smallest absolute Gasteiger partial charge is 0.193 e. The first-order chi connectivity index (χ1) is 15.6. The van der Waals surface area contributed by atoms with Crippen molar-refractivity contribution in [1.82, 2.24) is 24.9 Å². The van der Waals surface area contributed by atoms with E-state index in [4.69, 9.17) is 4.74 Å². The van der Waals surface area contributed by atoms with E-state index < -0.39 is 0 Å². The number of guanidine groups is 1. The number of anilines is 1. The van der Waals surface area contributed by atoms with Gasteiger partial charge in [0.1, 0.15) is 11.9 Å². The Morgan fingerprint density at radius 2 is 2.03 bits per heavy atom. The van der Waals surface area contributed by atoms with Crippen LogP contribution in [0.25, 0.3) is 0 Å². The van der Waals surface area contributed by atoms with Gasteiger partial charge in [-0.25, -0.2) is 4.39 Å². The molecule has 1 unspecified atom stereocenters. The monoisotopic (exact) mass is 443 g/mol. The highest BCUT2D eigenvalue weighted by atomic mass is 19.1. The number of nitrogens with one attached hydrogen (secondary N) is 1. The molecule has 0 aliphatic carbocycles. The molecule has 1 atom stereocenters. The number of aromatic nitrogens is 2. The van der Waals surface area contributed by atoms with Gasteiger partial charge in [-0.3, -0.25) is 14.6 Å². The summed E-state index contributed by atoms with van der Waals surface area (Å²) in [6, 6.07) is 7.04. The SMILES string of the molecule is CN=C(NCCCN1CCN(c2ccccc2F)CC1)N1CCOC(c2cnn(C)c2)C1. The van der Waals surface area contributed by atoms with Gasteiger partial charge in [-0.05, 0) is 25.1 Å². The van der Waals surface area contributed by atoms with Gasteiger partial charge >= 0.3 is 0 Å². The van der Waals surface area contributed by atoms with Gasteiger partial charge in [0.15, 0.2) is 5.96 Å². The lowest BCUT2D eigenvalue weighted by atomic mass is 10.1. The lowest BCUT2D eigenvalue weighted by molar-refractivity contribution is -0.00802. The van der Waals surface area contributed by atoms with Crippen molar-refractivity contribution in [1.29, 1.82) is 0 Å². The van der Waals surface area contributed by atoms with Crippen molar-refractivity contribution in [3.8, 4) is 0 Å². The van der Waals surface area contributed by atoms with Gasteiger partial charge in [-0.2, -0.15) is 5.10 Å². The van der Waals surface area contributed by atoms with E-state index in [9.17, 15) is 4.39 Å². The number of benzene rings is 1. The van der Waals surface area contributed by atoms with Gasteiger partial charge in [0.05, 0.1) is 25.0 Å². The van der Waals surface area contributed by atoms with E-state index in [1.54, 1.807) is 10.7 Å². The number of piperazine rings is 1. The molecule has 174 valence electrons. The van der Waals surface area contributed by atoms with E-state index in [0.29, 0.717) is 12.3 Å². The number of nitrogens with zero attached hydrogens (tertiary/aromatic N) is 6. The van der Waals surface area contributed by atoms with Gasteiger partial charge in [0.25, 0.3) is 0 Å². The van der Waals surface area contributed by atoms with Gasteiger partial charge in [0, 0.05) is 65.1 Å². The van der Waals surface area contributed by atoms with E-state index in [-0.39, 0.29) is 11.9 Å². The molecule has 2 aliphatic heterocycles. The molecular weight excluding hydrogens is 409 g/mol. The third-order valence-electron chi connectivity index (χ3n) is 6.17. The minimum absolute atomic E-state index is 0.0155. The Morgan fingerprint density at radius 3 is 2.75 bits per heavy atom.